The van der Waals surface area contributed by atoms with E-state index < -0.39 is 4.92 Å². The van der Waals surface area contributed by atoms with Crippen molar-refractivity contribution < 1.29 is 14.1 Å². The Morgan fingerprint density at radius 3 is 2.77 bits per heavy atom. The van der Waals surface area contributed by atoms with E-state index in [1.807, 2.05) is 0 Å². The van der Waals surface area contributed by atoms with Crippen LogP contribution < -0.4 is 5.32 Å². The first-order valence-electron chi connectivity index (χ1n) is 8.63. The lowest BCUT2D eigenvalue weighted by Gasteiger charge is -2.06. The summed E-state index contributed by atoms with van der Waals surface area (Å²) in [6.45, 7) is 0. The van der Waals surface area contributed by atoms with Crippen LogP contribution >= 0.6 is 11.8 Å². The molecule has 4 rings (SSSR count). The van der Waals surface area contributed by atoms with Crippen LogP contribution in [0, 0.1) is 15.9 Å². The summed E-state index contributed by atoms with van der Waals surface area (Å²) in [6, 6.07) is 11.5. The molecule has 1 amide bonds. The zero-order valence-electron chi connectivity index (χ0n) is 15.2. The van der Waals surface area contributed by atoms with Gasteiger partial charge in [-0.05, 0) is 30.3 Å². The van der Waals surface area contributed by atoms with Crippen LogP contribution in [0.5, 0.6) is 0 Å². The van der Waals surface area contributed by atoms with Crippen molar-refractivity contribution in [2.75, 3.05) is 11.1 Å². The van der Waals surface area contributed by atoms with Crippen molar-refractivity contribution in [3.05, 3.63) is 77.0 Å². The quantitative estimate of drug-likeness (QED) is 0.218. The molecule has 2 aromatic heterocycles. The molecule has 9 nitrogen and oxygen atoms in total. The Balaban J connectivity index is 1.49. The summed E-state index contributed by atoms with van der Waals surface area (Å²) < 4.78 is 14.7. The molecule has 30 heavy (non-hydrogen) atoms. The summed E-state index contributed by atoms with van der Waals surface area (Å²) in [4.78, 5) is 31.0. The van der Waals surface area contributed by atoms with E-state index in [4.69, 9.17) is 0 Å². The number of carbonyl (C=O) groups is 1. The van der Waals surface area contributed by atoms with Crippen LogP contribution in [0.4, 0.5) is 15.8 Å². The smallest absolute Gasteiger partial charge is 0.271 e. The van der Waals surface area contributed by atoms with E-state index in [0.29, 0.717) is 27.4 Å². The molecule has 0 saturated heterocycles. The molecule has 0 aliphatic carbocycles. The maximum absolute atomic E-state index is 13.2. The topological polar surface area (TPSA) is 116 Å². The molecule has 2 heterocycles. The van der Waals surface area contributed by atoms with Crippen molar-refractivity contribution in [1.82, 2.24) is 19.7 Å². The van der Waals surface area contributed by atoms with Crippen LogP contribution in [0.15, 0.2) is 66.1 Å². The van der Waals surface area contributed by atoms with Gasteiger partial charge in [-0.2, -0.15) is 5.10 Å². The van der Waals surface area contributed by atoms with Gasteiger partial charge in [0.05, 0.1) is 27.9 Å². The number of nitro groups is 1. The van der Waals surface area contributed by atoms with E-state index in [1.54, 1.807) is 29.1 Å². The Morgan fingerprint density at radius 1 is 1.20 bits per heavy atom. The first-order valence-corrected chi connectivity index (χ1v) is 9.61. The molecule has 0 radical (unpaired) electrons. The van der Waals surface area contributed by atoms with Crippen LogP contribution in [-0.4, -0.2) is 36.3 Å². The van der Waals surface area contributed by atoms with Gasteiger partial charge in [0.1, 0.15) is 17.2 Å². The Morgan fingerprint density at radius 2 is 2.00 bits per heavy atom. The van der Waals surface area contributed by atoms with E-state index in [9.17, 15) is 19.3 Å². The van der Waals surface area contributed by atoms with Gasteiger partial charge in [0.2, 0.25) is 5.91 Å². The molecule has 0 atom stereocenters. The third-order valence-electron chi connectivity index (χ3n) is 4.08. The van der Waals surface area contributed by atoms with Gasteiger partial charge in [-0.15, -0.1) is 0 Å². The summed E-state index contributed by atoms with van der Waals surface area (Å²) in [7, 11) is 0. The molecule has 150 valence electrons. The van der Waals surface area contributed by atoms with Crippen LogP contribution in [0.1, 0.15) is 0 Å². The number of amides is 1. The average Bonchev–Trinajstić information content (AvgIpc) is 3.18. The second kappa shape index (κ2) is 8.25. The van der Waals surface area contributed by atoms with Crippen LogP contribution in [-0.2, 0) is 4.79 Å². The summed E-state index contributed by atoms with van der Waals surface area (Å²) in [5, 5.41) is 19.0. The molecule has 0 aliphatic heterocycles. The average molecular weight is 424 g/mol. The van der Waals surface area contributed by atoms with E-state index in [1.165, 1.54) is 48.4 Å². The Hall–Kier alpha value is -3.86. The number of thioether (sulfide) groups is 1. The number of anilines is 1. The molecule has 0 spiro atoms. The molecule has 2 aromatic carbocycles. The molecule has 0 saturated carbocycles. The zero-order chi connectivity index (χ0) is 21.1. The number of nitrogens with one attached hydrogen (secondary N) is 1. The van der Waals surface area contributed by atoms with Crippen molar-refractivity contribution in [2.24, 2.45) is 0 Å². The summed E-state index contributed by atoms with van der Waals surface area (Å²) in [6.07, 6.45) is 2.95. The lowest BCUT2D eigenvalue weighted by atomic mass is 10.3. The monoisotopic (exact) mass is 424 g/mol. The highest BCUT2D eigenvalue weighted by molar-refractivity contribution is 8.00. The first kappa shape index (κ1) is 19.5. The SMILES string of the molecule is O=C(CSc1ncnc2c1cnn2-c1ccc(F)cc1)Nc1cccc([N+](=O)[O-])c1. The molecule has 0 fully saturated rings. The van der Waals surface area contributed by atoms with E-state index >= 15 is 0 Å². The number of carbonyl (C=O) groups excluding carboxylic acids is 1. The highest BCUT2D eigenvalue weighted by Gasteiger charge is 2.14. The van der Waals surface area contributed by atoms with Gasteiger partial charge in [-0.25, -0.2) is 19.0 Å². The second-order valence-corrected chi connectivity index (χ2v) is 7.06. The predicted octanol–water partition coefficient (Wildman–Crippen LogP) is 3.59. The van der Waals surface area contributed by atoms with Gasteiger partial charge >= 0.3 is 0 Å². The van der Waals surface area contributed by atoms with Crippen molar-refractivity contribution in [1.29, 1.82) is 0 Å². The fourth-order valence-corrected chi connectivity index (χ4v) is 3.50. The van der Waals surface area contributed by atoms with Crippen molar-refractivity contribution in [3.63, 3.8) is 0 Å². The molecule has 11 heteroatoms. The van der Waals surface area contributed by atoms with Gasteiger partial charge in [0.25, 0.3) is 5.69 Å². The van der Waals surface area contributed by atoms with Gasteiger partial charge in [0, 0.05) is 17.8 Å². The highest BCUT2D eigenvalue weighted by atomic mass is 32.2. The number of rotatable bonds is 6. The molecule has 0 aliphatic rings. The van der Waals surface area contributed by atoms with E-state index in [2.05, 4.69) is 20.4 Å². The fraction of sp³-hybridized carbons (Fsp3) is 0.0526. The fourth-order valence-electron chi connectivity index (χ4n) is 2.74. The van der Waals surface area contributed by atoms with Crippen LogP contribution in [0.3, 0.4) is 0 Å². The number of halogens is 1. The molecule has 0 unspecified atom stereocenters. The van der Waals surface area contributed by atoms with E-state index in [-0.39, 0.29) is 23.2 Å². The van der Waals surface area contributed by atoms with Gasteiger partial charge < -0.3 is 5.32 Å². The Bertz CT molecular complexity index is 1240. The maximum atomic E-state index is 13.2. The minimum Gasteiger partial charge on any atom is -0.325 e. The molecule has 4 aromatic rings. The van der Waals surface area contributed by atoms with E-state index in [0.717, 1.165) is 0 Å². The number of fused-ring (bicyclic) bond motifs is 1. The molecular formula is C19H13FN6O3S. The van der Waals surface area contributed by atoms with Gasteiger partial charge in [-0.1, -0.05) is 17.8 Å². The normalized spacial score (nSPS) is 10.8. The van der Waals surface area contributed by atoms with Gasteiger partial charge in [-0.3, -0.25) is 14.9 Å². The summed E-state index contributed by atoms with van der Waals surface area (Å²) >= 11 is 1.19. The number of aromatic nitrogens is 4. The lowest BCUT2D eigenvalue weighted by molar-refractivity contribution is -0.384. The number of hydrogen-bond donors (Lipinski definition) is 1. The van der Waals surface area contributed by atoms with Crippen LogP contribution in [0.2, 0.25) is 0 Å². The van der Waals surface area contributed by atoms with Crippen molar-refractivity contribution in [3.8, 4) is 5.69 Å². The number of nitro benzene ring substituents is 1. The third kappa shape index (κ3) is 4.10. The number of non-ortho nitro benzene ring substituents is 1. The second-order valence-electron chi connectivity index (χ2n) is 6.09. The number of benzene rings is 2. The van der Waals surface area contributed by atoms with Gasteiger partial charge in [0.15, 0.2) is 5.65 Å². The molecular weight excluding hydrogens is 411 g/mol. The minimum absolute atomic E-state index is 0.0382. The molecule has 1 N–H and O–H groups in total. The maximum Gasteiger partial charge on any atom is 0.271 e. The zero-order valence-corrected chi connectivity index (χ0v) is 16.0. The summed E-state index contributed by atoms with van der Waals surface area (Å²) in [5.74, 6) is -0.648. The predicted molar refractivity (Wildman–Crippen MR) is 109 cm³/mol. The number of nitrogens with zero attached hydrogens (tertiary/aromatic N) is 5. The van der Waals surface area contributed by atoms with Crippen LogP contribution in [0.25, 0.3) is 16.7 Å². The van der Waals surface area contributed by atoms with Crippen molar-refractivity contribution >= 4 is 40.1 Å². The number of hydrogen-bond acceptors (Lipinski definition) is 7. The first-order chi connectivity index (χ1) is 14.5. The van der Waals surface area contributed by atoms with Crippen molar-refractivity contribution in [2.45, 2.75) is 5.03 Å². The minimum atomic E-state index is -0.527. The molecule has 0 bridgehead atoms. The standard InChI is InChI=1S/C19H13FN6O3S/c20-12-4-6-14(7-5-12)25-18-16(9-23-25)19(22-11-21-18)30-10-17(27)24-13-2-1-3-15(8-13)26(28)29/h1-9,11H,10H2,(H,24,27). The largest absolute Gasteiger partial charge is 0.325 e. The third-order valence-corrected chi connectivity index (χ3v) is 5.09. The highest BCUT2D eigenvalue weighted by Crippen LogP contribution is 2.26. The Kier molecular flexibility index (Phi) is 5.35. The summed E-state index contributed by atoms with van der Waals surface area (Å²) in [5.41, 5.74) is 1.40. The lowest BCUT2D eigenvalue weighted by Crippen LogP contribution is -2.14. The Labute approximate surface area is 173 Å².